The number of hydrogen-bond acceptors (Lipinski definition) is 3. The molecule has 1 aromatic heterocycles. The average molecular weight is 277 g/mol. The summed E-state index contributed by atoms with van der Waals surface area (Å²) in [6, 6.07) is 4.36. The number of aryl methyl sites for hydroxylation is 1. The summed E-state index contributed by atoms with van der Waals surface area (Å²) >= 11 is 0. The Bertz CT molecular complexity index is 351. The standard InChI is InChI=1S/C15H25N3.C2H6/c1-4-14-5-6-15(16-11-14)18-9-7-17(8-10-18)12-13(2)3;1-2/h5-6,11,13H,4,7-10,12H2,1-3H3;1-2H3. The summed E-state index contributed by atoms with van der Waals surface area (Å²) in [5.41, 5.74) is 1.32. The molecule has 1 fully saturated rings. The van der Waals surface area contributed by atoms with Crippen LogP contribution in [0.1, 0.15) is 40.2 Å². The van der Waals surface area contributed by atoms with Crippen molar-refractivity contribution in [1.29, 1.82) is 0 Å². The van der Waals surface area contributed by atoms with Crippen LogP contribution >= 0.6 is 0 Å². The third kappa shape index (κ3) is 5.12. The van der Waals surface area contributed by atoms with Crippen LogP contribution in [0.25, 0.3) is 0 Å². The molecule has 2 heterocycles. The number of nitrogens with zero attached hydrogens (tertiary/aromatic N) is 3. The molecule has 0 aliphatic carbocycles. The minimum atomic E-state index is 0.763. The summed E-state index contributed by atoms with van der Waals surface area (Å²) in [7, 11) is 0. The molecule has 0 atom stereocenters. The maximum Gasteiger partial charge on any atom is 0.128 e. The van der Waals surface area contributed by atoms with Crippen molar-refractivity contribution < 1.29 is 0 Å². The summed E-state index contributed by atoms with van der Waals surface area (Å²) in [5.74, 6) is 1.90. The van der Waals surface area contributed by atoms with Crippen LogP contribution in [-0.4, -0.2) is 42.6 Å². The molecule has 0 unspecified atom stereocenters. The lowest BCUT2D eigenvalue weighted by molar-refractivity contribution is 0.231. The van der Waals surface area contributed by atoms with Gasteiger partial charge in [-0.2, -0.15) is 0 Å². The van der Waals surface area contributed by atoms with Crippen LogP contribution in [0.2, 0.25) is 0 Å². The fraction of sp³-hybridized carbons (Fsp3) is 0.706. The maximum atomic E-state index is 4.57. The second-order valence-electron chi connectivity index (χ2n) is 5.56. The van der Waals surface area contributed by atoms with Gasteiger partial charge >= 0.3 is 0 Å². The first-order valence-electron chi connectivity index (χ1n) is 8.11. The molecule has 1 aromatic rings. The molecule has 2 rings (SSSR count). The lowest BCUT2D eigenvalue weighted by Gasteiger charge is -2.36. The predicted molar refractivity (Wildman–Crippen MR) is 88.5 cm³/mol. The zero-order valence-corrected chi connectivity index (χ0v) is 13.9. The summed E-state index contributed by atoms with van der Waals surface area (Å²) in [5, 5.41) is 0. The van der Waals surface area contributed by atoms with E-state index in [1.165, 1.54) is 12.1 Å². The maximum absolute atomic E-state index is 4.57. The monoisotopic (exact) mass is 277 g/mol. The van der Waals surface area contributed by atoms with Crippen LogP contribution in [0.5, 0.6) is 0 Å². The number of aromatic nitrogens is 1. The van der Waals surface area contributed by atoms with Crippen molar-refractivity contribution in [2.45, 2.75) is 41.0 Å². The number of rotatable bonds is 4. The van der Waals surface area contributed by atoms with Crippen LogP contribution in [0, 0.1) is 5.92 Å². The Labute approximate surface area is 125 Å². The highest BCUT2D eigenvalue weighted by atomic mass is 15.3. The van der Waals surface area contributed by atoms with E-state index in [0.717, 1.165) is 44.3 Å². The smallest absolute Gasteiger partial charge is 0.128 e. The van der Waals surface area contributed by atoms with Gasteiger partial charge in [0.05, 0.1) is 0 Å². The van der Waals surface area contributed by atoms with E-state index < -0.39 is 0 Å². The van der Waals surface area contributed by atoms with E-state index in [2.05, 4.69) is 47.7 Å². The quantitative estimate of drug-likeness (QED) is 0.840. The van der Waals surface area contributed by atoms with E-state index in [1.807, 2.05) is 20.0 Å². The highest BCUT2D eigenvalue weighted by molar-refractivity contribution is 5.39. The largest absolute Gasteiger partial charge is 0.354 e. The third-order valence-electron chi connectivity index (χ3n) is 3.54. The van der Waals surface area contributed by atoms with E-state index in [0.29, 0.717) is 0 Å². The van der Waals surface area contributed by atoms with Gasteiger partial charge in [0.25, 0.3) is 0 Å². The van der Waals surface area contributed by atoms with Gasteiger partial charge < -0.3 is 4.90 Å². The van der Waals surface area contributed by atoms with Crippen molar-refractivity contribution in [2.75, 3.05) is 37.6 Å². The van der Waals surface area contributed by atoms with Gasteiger partial charge in [-0.3, -0.25) is 4.90 Å². The van der Waals surface area contributed by atoms with Crippen molar-refractivity contribution in [2.24, 2.45) is 5.92 Å². The van der Waals surface area contributed by atoms with Crippen LogP contribution in [0.3, 0.4) is 0 Å². The molecule has 1 saturated heterocycles. The minimum Gasteiger partial charge on any atom is -0.354 e. The Morgan fingerprint density at radius 3 is 2.20 bits per heavy atom. The second kappa shape index (κ2) is 8.96. The molecule has 114 valence electrons. The van der Waals surface area contributed by atoms with Gasteiger partial charge in [0, 0.05) is 38.9 Å². The SMILES string of the molecule is CC.CCc1ccc(N2CCN(CC(C)C)CC2)nc1. The Morgan fingerprint density at radius 2 is 1.75 bits per heavy atom. The van der Waals surface area contributed by atoms with Crippen LogP contribution in [0.15, 0.2) is 18.3 Å². The summed E-state index contributed by atoms with van der Waals surface area (Å²) in [4.78, 5) is 9.52. The van der Waals surface area contributed by atoms with Gasteiger partial charge in [-0.15, -0.1) is 0 Å². The first kappa shape index (κ1) is 17.0. The summed E-state index contributed by atoms with van der Waals surface area (Å²) in [6.07, 6.45) is 3.07. The van der Waals surface area contributed by atoms with Gasteiger partial charge in [0.15, 0.2) is 0 Å². The molecular weight excluding hydrogens is 246 g/mol. The molecule has 20 heavy (non-hydrogen) atoms. The van der Waals surface area contributed by atoms with Gasteiger partial charge in [-0.1, -0.05) is 40.7 Å². The molecule has 3 nitrogen and oxygen atoms in total. The molecular formula is C17H31N3. The highest BCUT2D eigenvalue weighted by Crippen LogP contribution is 2.14. The molecule has 0 amide bonds. The molecule has 0 N–H and O–H groups in total. The van der Waals surface area contributed by atoms with E-state index in [4.69, 9.17) is 0 Å². The predicted octanol–water partition coefficient (Wildman–Crippen LogP) is 3.45. The van der Waals surface area contributed by atoms with Crippen LogP contribution in [-0.2, 0) is 6.42 Å². The fourth-order valence-electron chi connectivity index (χ4n) is 2.49. The van der Waals surface area contributed by atoms with E-state index in [-0.39, 0.29) is 0 Å². The van der Waals surface area contributed by atoms with Gasteiger partial charge in [-0.05, 0) is 24.0 Å². The lowest BCUT2D eigenvalue weighted by atomic mass is 10.2. The first-order chi connectivity index (χ1) is 9.69. The third-order valence-corrected chi connectivity index (χ3v) is 3.54. The Balaban J connectivity index is 0.000000956. The molecule has 0 bridgehead atoms. The first-order valence-corrected chi connectivity index (χ1v) is 8.11. The Morgan fingerprint density at radius 1 is 1.10 bits per heavy atom. The van der Waals surface area contributed by atoms with Crippen LogP contribution in [0.4, 0.5) is 5.82 Å². The van der Waals surface area contributed by atoms with E-state index in [1.54, 1.807) is 0 Å². The minimum absolute atomic E-state index is 0.763. The number of hydrogen-bond donors (Lipinski definition) is 0. The zero-order valence-electron chi connectivity index (χ0n) is 13.9. The molecule has 0 radical (unpaired) electrons. The number of pyridine rings is 1. The molecule has 1 aliphatic heterocycles. The average Bonchev–Trinajstić information content (AvgIpc) is 2.50. The Kier molecular flexibility index (Phi) is 7.60. The Hall–Kier alpha value is -1.09. The van der Waals surface area contributed by atoms with Crippen molar-refractivity contribution in [3.63, 3.8) is 0 Å². The van der Waals surface area contributed by atoms with Gasteiger partial charge in [-0.25, -0.2) is 4.98 Å². The molecule has 0 aromatic carbocycles. The molecule has 3 heteroatoms. The molecule has 0 spiro atoms. The van der Waals surface area contributed by atoms with Crippen molar-refractivity contribution in [3.8, 4) is 0 Å². The van der Waals surface area contributed by atoms with Crippen molar-refractivity contribution >= 4 is 5.82 Å². The van der Waals surface area contributed by atoms with Crippen molar-refractivity contribution in [3.05, 3.63) is 23.9 Å². The van der Waals surface area contributed by atoms with Crippen molar-refractivity contribution in [1.82, 2.24) is 9.88 Å². The van der Waals surface area contributed by atoms with E-state index >= 15 is 0 Å². The molecule has 0 saturated carbocycles. The van der Waals surface area contributed by atoms with Crippen LogP contribution < -0.4 is 4.90 Å². The summed E-state index contributed by atoms with van der Waals surface area (Å²) < 4.78 is 0. The normalized spacial score (nSPS) is 16.0. The number of anilines is 1. The fourth-order valence-corrected chi connectivity index (χ4v) is 2.49. The second-order valence-corrected chi connectivity index (χ2v) is 5.56. The number of piperazine rings is 1. The summed E-state index contributed by atoms with van der Waals surface area (Å²) in [6.45, 7) is 16.5. The topological polar surface area (TPSA) is 19.4 Å². The molecule has 1 aliphatic rings. The van der Waals surface area contributed by atoms with Gasteiger partial charge in [0.2, 0.25) is 0 Å². The van der Waals surface area contributed by atoms with Gasteiger partial charge in [0.1, 0.15) is 5.82 Å². The van der Waals surface area contributed by atoms with E-state index in [9.17, 15) is 0 Å². The highest BCUT2D eigenvalue weighted by Gasteiger charge is 2.18. The zero-order chi connectivity index (χ0) is 15.0. The lowest BCUT2D eigenvalue weighted by Crippen LogP contribution is -2.47.